The van der Waals surface area contributed by atoms with Gasteiger partial charge in [-0.3, -0.25) is 4.90 Å². The number of rotatable bonds is 7. The van der Waals surface area contributed by atoms with Crippen LogP contribution >= 0.6 is 0 Å². The van der Waals surface area contributed by atoms with Crippen molar-refractivity contribution in [3.8, 4) is 22.8 Å². The number of aromatic nitrogens is 1. The van der Waals surface area contributed by atoms with Crippen LogP contribution in [0.2, 0.25) is 0 Å². The van der Waals surface area contributed by atoms with Crippen molar-refractivity contribution < 1.29 is 9.47 Å². The molecule has 1 aliphatic rings. The Labute approximate surface area is 196 Å². The number of hydrogen-bond acceptors (Lipinski definition) is 4. The average Bonchev–Trinajstić information content (AvgIpc) is 2.86. The molecule has 1 aliphatic heterocycles. The largest absolute Gasteiger partial charge is 0.493 e. The minimum Gasteiger partial charge on any atom is -0.493 e. The fraction of sp³-hybridized carbons (Fsp3) is 0.345. The maximum Gasteiger partial charge on any atom is 0.170 e. The van der Waals surface area contributed by atoms with Crippen molar-refractivity contribution in [1.29, 1.82) is 0 Å². The van der Waals surface area contributed by atoms with Gasteiger partial charge in [-0.25, -0.2) is 4.98 Å². The monoisotopic (exact) mass is 440 g/mol. The lowest BCUT2D eigenvalue weighted by Gasteiger charge is -2.31. The molecule has 0 saturated heterocycles. The molecule has 33 heavy (non-hydrogen) atoms. The highest BCUT2D eigenvalue weighted by Gasteiger charge is 2.26. The second-order valence-corrected chi connectivity index (χ2v) is 8.81. The highest BCUT2D eigenvalue weighted by atomic mass is 16.5. The van der Waals surface area contributed by atoms with Crippen LogP contribution in [-0.2, 0) is 13.0 Å². The third kappa shape index (κ3) is 3.93. The number of hydrogen-bond donors (Lipinski definition) is 0. The maximum absolute atomic E-state index is 6.23. The lowest BCUT2D eigenvalue weighted by Crippen LogP contribution is -2.32. The van der Waals surface area contributed by atoms with E-state index in [1.165, 1.54) is 27.3 Å². The molecule has 5 rings (SSSR count). The molecule has 0 N–H and O–H groups in total. The first-order valence-electron chi connectivity index (χ1n) is 12.1. The fourth-order valence-corrected chi connectivity index (χ4v) is 5.12. The van der Waals surface area contributed by atoms with Crippen molar-refractivity contribution in [3.63, 3.8) is 0 Å². The summed E-state index contributed by atoms with van der Waals surface area (Å²) in [7, 11) is 1.70. The van der Waals surface area contributed by atoms with Gasteiger partial charge in [-0.2, -0.15) is 0 Å². The molecule has 1 aromatic heterocycles. The summed E-state index contributed by atoms with van der Waals surface area (Å²) >= 11 is 0. The third-order valence-corrected chi connectivity index (χ3v) is 6.60. The van der Waals surface area contributed by atoms with E-state index in [0.717, 1.165) is 67.2 Å². The Morgan fingerprint density at radius 3 is 2.64 bits per heavy atom. The van der Waals surface area contributed by atoms with Crippen LogP contribution in [0.3, 0.4) is 0 Å². The van der Waals surface area contributed by atoms with E-state index in [9.17, 15) is 0 Å². The second-order valence-electron chi connectivity index (χ2n) is 8.81. The van der Waals surface area contributed by atoms with Crippen LogP contribution in [0.1, 0.15) is 37.8 Å². The lowest BCUT2D eigenvalue weighted by atomic mass is 9.89. The molecular formula is C29H32N2O2. The molecule has 0 saturated carbocycles. The summed E-state index contributed by atoms with van der Waals surface area (Å²) in [5.41, 5.74) is 5.86. The Hall–Kier alpha value is -3.11. The van der Waals surface area contributed by atoms with Crippen LogP contribution in [0.4, 0.5) is 0 Å². The van der Waals surface area contributed by atoms with Gasteiger partial charge in [-0.05, 0) is 65.9 Å². The summed E-state index contributed by atoms with van der Waals surface area (Å²) in [5.74, 6) is 1.56. The minimum atomic E-state index is 0.649. The first-order chi connectivity index (χ1) is 16.2. The van der Waals surface area contributed by atoms with Gasteiger partial charge in [-0.15, -0.1) is 0 Å². The zero-order valence-electron chi connectivity index (χ0n) is 19.9. The molecule has 0 amide bonds. The fourth-order valence-electron chi connectivity index (χ4n) is 5.12. The Morgan fingerprint density at radius 1 is 0.939 bits per heavy atom. The van der Waals surface area contributed by atoms with Gasteiger partial charge in [0.2, 0.25) is 0 Å². The van der Waals surface area contributed by atoms with E-state index >= 15 is 0 Å². The van der Waals surface area contributed by atoms with Gasteiger partial charge >= 0.3 is 0 Å². The van der Waals surface area contributed by atoms with Gasteiger partial charge in [0.05, 0.1) is 24.9 Å². The SMILES string of the molecule is CCCOc1c(OC)cccc1-c1nc2ccc3ccccc3c2c2c1CN(CCC)CC2. The molecule has 2 heterocycles. The Kier molecular flexibility index (Phi) is 6.19. The molecule has 4 nitrogen and oxygen atoms in total. The summed E-state index contributed by atoms with van der Waals surface area (Å²) in [4.78, 5) is 7.84. The predicted molar refractivity (Wildman–Crippen MR) is 136 cm³/mol. The molecule has 3 aromatic carbocycles. The predicted octanol–water partition coefficient (Wildman–Crippen LogP) is 6.62. The summed E-state index contributed by atoms with van der Waals surface area (Å²) in [6, 6.07) is 19.2. The van der Waals surface area contributed by atoms with Crippen molar-refractivity contribution >= 4 is 21.7 Å². The molecule has 0 aliphatic carbocycles. The average molecular weight is 441 g/mol. The smallest absolute Gasteiger partial charge is 0.170 e. The zero-order chi connectivity index (χ0) is 22.8. The maximum atomic E-state index is 6.23. The highest BCUT2D eigenvalue weighted by molar-refractivity contribution is 6.09. The highest BCUT2D eigenvalue weighted by Crippen LogP contribution is 2.43. The first-order valence-corrected chi connectivity index (χ1v) is 12.1. The molecule has 0 bridgehead atoms. The van der Waals surface area contributed by atoms with Gasteiger partial charge in [-0.1, -0.05) is 50.2 Å². The number of nitrogens with zero attached hydrogens (tertiary/aromatic N) is 2. The van der Waals surface area contributed by atoms with E-state index in [1.807, 2.05) is 12.1 Å². The number of fused-ring (bicyclic) bond motifs is 5. The van der Waals surface area contributed by atoms with Crippen molar-refractivity contribution in [2.45, 2.75) is 39.7 Å². The van der Waals surface area contributed by atoms with Crippen LogP contribution in [0.15, 0.2) is 54.6 Å². The van der Waals surface area contributed by atoms with Crippen LogP contribution in [0.25, 0.3) is 32.9 Å². The molecule has 0 atom stereocenters. The number of benzene rings is 3. The first kappa shape index (κ1) is 21.7. The van der Waals surface area contributed by atoms with E-state index in [-0.39, 0.29) is 0 Å². The van der Waals surface area contributed by atoms with Crippen molar-refractivity contribution in [2.75, 3.05) is 26.8 Å². The zero-order valence-corrected chi connectivity index (χ0v) is 19.9. The number of methoxy groups -OCH3 is 1. The van der Waals surface area contributed by atoms with Crippen LogP contribution in [0, 0.1) is 0 Å². The Morgan fingerprint density at radius 2 is 1.82 bits per heavy atom. The molecule has 4 aromatic rings. The van der Waals surface area contributed by atoms with E-state index < -0.39 is 0 Å². The van der Waals surface area contributed by atoms with E-state index in [4.69, 9.17) is 14.5 Å². The molecule has 0 radical (unpaired) electrons. The van der Waals surface area contributed by atoms with E-state index in [1.54, 1.807) is 7.11 Å². The van der Waals surface area contributed by atoms with Gasteiger partial charge in [0.15, 0.2) is 11.5 Å². The summed E-state index contributed by atoms with van der Waals surface area (Å²) in [6.45, 7) is 8.12. The van der Waals surface area contributed by atoms with E-state index in [0.29, 0.717) is 6.61 Å². The topological polar surface area (TPSA) is 34.6 Å². The lowest BCUT2D eigenvalue weighted by molar-refractivity contribution is 0.255. The molecule has 170 valence electrons. The van der Waals surface area contributed by atoms with Crippen molar-refractivity contribution in [2.24, 2.45) is 0 Å². The second kappa shape index (κ2) is 9.40. The van der Waals surface area contributed by atoms with Crippen LogP contribution in [0.5, 0.6) is 11.5 Å². The standard InChI is InChI=1S/C29H32N2O2/c1-4-16-31-17-15-22-24(19-31)28(23-11-8-12-26(32-3)29(23)33-18-5-2)30-25-14-13-20-9-6-7-10-21(20)27(22)25/h6-14H,4-5,15-19H2,1-3H3. The molecule has 0 unspecified atom stereocenters. The van der Waals surface area contributed by atoms with Crippen LogP contribution < -0.4 is 9.47 Å². The molecule has 4 heteroatoms. The summed E-state index contributed by atoms with van der Waals surface area (Å²) in [6.07, 6.45) is 3.13. The van der Waals surface area contributed by atoms with E-state index in [2.05, 4.69) is 61.2 Å². The number of ether oxygens (including phenoxy) is 2. The minimum absolute atomic E-state index is 0.649. The number of pyridine rings is 1. The van der Waals surface area contributed by atoms with Gasteiger partial charge < -0.3 is 9.47 Å². The number of para-hydroxylation sites is 1. The van der Waals surface area contributed by atoms with Gasteiger partial charge in [0, 0.05) is 24.0 Å². The van der Waals surface area contributed by atoms with Crippen molar-refractivity contribution in [1.82, 2.24) is 9.88 Å². The van der Waals surface area contributed by atoms with Crippen molar-refractivity contribution in [3.05, 3.63) is 65.7 Å². The molecule has 0 spiro atoms. The molecule has 0 fully saturated rings. The summed E-state index contributed by atoms with van der Waals surface area (Å²) in [5, 5.41) is 3.87. The van der Waals surface area contributed by atoms with Crippen LogP contribution in [-0.4, -0.2) is 36.7 Å². The summed E-state index contributed by atoms with van der Waals surface area (Å²) < 4.78 is 11.9. The Balaban J connectivity index is 1.80. The Bertz CT molecular complexity index is 1300. The quantitative estimate of drug-likeness (QED) is 0.303. The molecular weight excluding hydrogens is 408 g/mol. The normalized spacial score (nSPS) is 13.9. The third-order valence-electron chi connectivity index (χ3n) is 6.60. The van der Waals surface area contributed by atoms with Gasteiger partial charge in [0.1, 0.15) is 0 Å². The van der Waals surface area contributed by atoms with Gasteiger partial charge in [0.25, 0.3) is 0 Å².